The first-order valence-electron chi connectivity index (χ1n) is 7.79. The van der Waals surface area contributed by atoms with Gasteiger partial charge in [-0.05, 0) is 31.4 Å². The van der Waals surface area contributed by atoms with Crippen LogP contribution in [0.15, 0.2) is 24.3 Å². The molecule has 0 amide bonds. The molecule has 3 heteroatoms. The maximum Gasteiger partial charge on any atom is 0.124 e. The standard InChI is InChI=1S/C17H27NO2/c1-3-10-18-16(13-14-8-9-14)15-6-4-5-7-17(15)20-12-11-19-2/h4-7,14,16,18H,3,8-13H2,1-2H3. The van der Waals surface area contributed by atoms with E-state index in [9.17, 15) is 0 Å². The molecule has 1 aromatic rings. The minimum Gasteiger partial charge on any atom is -0.491 e. The highest BCUT2D eigenvalue weighted by molar-refractivity contribution is 5.36. The first-order valence-corrected chi connectivity index (χ1v) is 7.79. The first kappa shape index (κ1) is 15.3. The quantitative estimate of drug-likeness (QED) is 0.663. The highest BCUT2D eigenvalue weighted by Gasteiger charge is 2.27. The molecule has 1 aromatic carbocycles. The van der Waals surface area contributed by atoms with Gasteiger partial charge in [0.05, 0.1) is 6.61 Å². The Morgan fingerprint density at radius 2 is 2.05 bits per heavy atom. The fourth-order valence-corrected chi connectivity index (χ4v) is 2.46. The topological polar surface area (TPSA) is 30.5 Å². The van der Waals surface area contributed by atoms with Gasteiger partial charge in [-0.25, -0.2) is 0 Å². The molecule has 0 radical (unpaired) electrons. The molecule has 1 saturated carbocycles. The summed E-state index contributed by atoms with van der Waals surface area (Å²) in [4.78, 5) is 0. The van der Waals surface area contributed by atoms with Gasteiger partial charge in [0, 0.05) is 18.7 Å². The Balaban J connectivity index is 2.04. The molecule has 0 heterocycles. The van der Waals surface area contributed by atoms with Gasteiger partial charge in [-0.2, -0.15) is 0 Å². The maximum absolute atomic E-state index is 5.88. The highest BCUT2D eigenvalue weighted by Crippen LogP contribution is 2.39. The molecule has 0 bridgehead atoms. The van der Waals surface area contributed by atoms with Gasteiger partial charge in [-0.3, -0.25) is 0 Å². The van der Waals surface area contributed by atoms with Gasteiger partial charge in [-0.15, -0.1) is 0 Å². The van der Waals surface area contributed by atoms with Crippen LogP contribution in [0.3, 0.4) is 0 Å². The molecule has 1 atom stereocenters. The second kappa shape index (κ2) is 8.28. The molecule has 0 spiro atoms. The van der Waals surface area contributed by atoms with E-state index in [1.54, 1.807) is 7.11 Å². The zero-order chi connectivity index (χ0) is 14.2. The number of rotatable bonds is 10. The van der Waals surface area contributed by atoms with Gasteiger partial charge < -0.3 is 14.8 Å². The number of nitrogens with one attached hydrogen (secondary N) is 1. The number of para-hydroxylation sites is 1. The van der Waals surface area contributed by atoms with E-state index in [-0.39, 0.29) is 0 Å². The van der Waals surface area contributed by atoms with E-state index >= 15 is 0 Å². The van der Waals surface area contributed by atoms with Crippen molar-refractivity contribution in [3.8, 4) is 5.75 Å². The maximum atomic E-state index is 5.88. The van der Waals surface area contributed by atoms with Crippen molar-refractivity contribution < 1.29 is 9.47 Å². The van der Waals surface area contributed by atoms with Gasteiger partial charge in [0.15, 0.2) is 0 Å². The van der Waals surface area contributed by atoms with E-state index in [1.165, 1.54) is 24.8 Å². The minimum absolute atomic E-state index is 0.418. The van der Waals surface area contributed by atoms with E-state index < -0.39 is 0 Å². The summed E-state index contributed by atoms with van der Waals surface area (Å²) in [7, 11) is 1.70. The molecule has 0 saturated heterocycles. The van der Waals surface area contributed by atoms with Crippen LogP contribution in [0, 0.1) is 5.92 Å². The minimum atomic E-state index is 0.418. The Kier molecular flexibility index (Phi) is 6.34. The lowest BCUT2D eigenvalue weighted by Gasteiger charge is -2.22. The van der Waals surface area contributed by atoms with E-state index in [4.69, 9.17) is 9.47 Å². The van der Waals surface area contributed by atoms with Crippen molar-refractivity contribution in [2.75, 3.05) is 26.9 Å². The average Bonchev–Trinajstić information content (AvgIpc) is 3.28. The van der Waals surface area contributed by atoms with Crippen molar-refractivity contribution in [2.24, 2.45) is 5.92 Å². The Bertz CT molecular complexity index is 390. The van der Waals surface area contributed by atoms with Crippen LogP contribution in [-0.4, -0.2) is 26.9 Å². The lowest BCUT2D eigenvalue weighted by Crippen LogP contribution is -2.23. The van der Waals surface area contributed by atoms with Crippen LogP contribution in [0.25, 0.3) is 0 Å². The Hall–Kier alpha value is -1.06. The summed E-state index contributed by atoms with van der Waals surface area (Å²) >= 11 is 0. The molecule has 1 aliphatic carbocycles. The lowest BCUT2D eigenvalue weighted by molar-refractivity contribution is 0.145. The summed E-state index contributed by atoms with van der Waals surface area (Å²) in [6.07, 6.45) is 5.16. The van der Waals surface area contributed by atoms with Gasteiger partial charge in [-0.1, -0.05) is 38.0 Å². The van der Waals surface area contributed by atoms with Crippen molar-refractivity contribution in [3.05, 3.63) is 29.8 Å². The third kappa shape index (κ3) is 4.80. The Morgan fingerprint density at radius 3 is 2.75 bits per heavy atom. The van der Waals surface area contributed by atoms with Crippen molar-refractivity contribution in [3.63, 3.8) is 0 Å². The summed E-state index contributed by atoms with van der Waals surface area (Å²) < 4.78 is 10.9. The fraction of sp³-hybridized carbons (Fsp3) is 0.647. The van der Waals surface area contributed by atoms with Gasteiger partial charge in [0.2, 0.25) is 0 Å². The van der Waals surface area contributed by atoms with Gasteiger partial charge in [0.25, 0.3) is 0 Å². The molecular formula is C17H27NO2. The third-order valence-electron chi connectivity index (χ3n) is 3.75. The predicted octanol–water partition coefficient (Wildman–Crippen LogP) is 3.55. The number of hydrogen-bond acceptors (Lipinski definition) is 3. The highest BCUT2D eigenvalue weighted by atomic mass is 16.5. The summed E-state index contributed by atoms with van der Waals surface area (Å²) in [6.45, 7) is 4.51. The number of methoxy groups -OCH3 is 1. The number of ether oxygens (including phenoxy) is 2. The van der Waals surface area contributed by atoms with Crippen LogP contribution < -0.4 is 10.1 Å². The second-order valence-electron chi connectivity index (χ2n) is 5.56. The molecule has 0 aliphatic heterocycles. The first-order chi connectivity index (χ1) is 9.85. The molecule has 2 rings (SSSR count). The molecule has 1 unspecified atom stereocenters. The van der Waals surface area contributed by atoms with Gasteiger partial charge >= 0.3 is 0 Å². The third-order valence-corrected chi connectivity index (χ3v) is 3.75. The van der Waals surface area contributed by atoms with Gasteiger partial charge in [0.1, 0.15) is 12.4 Å². The van der Waals surface area contributed by atoms with E-state index in [0.717, 1.165) is 24.6 Å². The van der Waals surface area contributed by atoms with E-state index in [0.29, 0.717) is 19.3 Å². The van der Waals surface area contributed by atoms with Crippen molar-refractivity contribution in [1.82, 2.24) is 5.32 Å². The lowest BCUT2D eigenvalue weighted by atomic mass is 10.00. The van der Waals surface area contributed by atoms with Crippen LogP contribution in [0.4, 0.5) is 0 Å². The molecule has 20 heavy (non-hydrogen) atoms. The van der Waals surface area contributed by atoms with Crippen molar-refractivity contribution >= 4 is 0 Å². The molecule has 1 fully saturated rings. The predicted molar refractivity (Wildman–Crippen MR) is 82.2 cm³/mol. The fourth-order valence-electron chi connectivity index (χ4n) is 2.46. The Morgan fingerprint density at radius 1 is 1.25 bits per heavy atom. The molecule has 112 valence electrons. The molecule has 0 aromatic heterocycles. The largest absolute Gasteiger partial charge is 0.491 e. The van der Waals surface area contributed by atoms with Crippen molar-refractivity contribution in [1.29, 1.82) is 0 Å². The molecule has 1 aliphatic rings. The van der Waals surface area contributed by atoms with Crippen LogP contribution in [0.2, 0.25) is 0 Å². The van der Waals surface area contributed by atoms with E-state index in [2.05, 4.69) is 30.4 Å². The van der Waals surface area contributed by atoms with Crippen molar-refractivity contribution in [2.45, 2.75) is 38.6 Å². The molecule has 3 nitrogen and oxygen atoms in total. The zero-order valence-corrected chi connectivity index (χ0v) is 12.7. The molecular weight excluding hydrogens is 250 g/mol. The van der Waals surface area contributed by atoms with Crippen LogP contribution >= 0.6 is 0 Å². The monoisotopic (exact) mass is 277 g/mol. The Labute approximate surface area is 122 Å². The smallest absolute Gasteiger partial charge is 0.124 e. The number of benzene rings is 1. The summed E-state index contributed by atoms with van der Waals surface area (Å²) in [5, 5.41) is 3.68. The zero-order valence-electron chi connectivity index (χ0n) is 12.7. The SMILES string of the molecule is CCCNC(CC1CC1)c1ccccc1OCCOC. The molecule has 1 N–H and O–H groups in total. The summed E-state index contributed by atoms with van der Waals surface area (Å²) in [5.41, 5.74) is 1.30. The second-order valence-corrected chi connectivity index (χ2v) is 5.56. The number of hydrogen-bond donors (Lipinski definition) is 1. The summed E-state index contributed by atoms with van der Waals surface area (Å²) in [5.74, 6) is 1.90. The van der Waals surface area contributed by atoms with Crippen LogP contribution in [0.5, 0.6) is 5.75 Å². The summed E-state index contributed by atoms with van der Waals surface area (Å²) in [6, 6.07) is 8.82. The van der Waals surface area contributed by atoms with Crippen LogP contribution in [0.1, 0.15) is 44.2 Å². The average molecular weight is 277 g/mol. The normalized spacial score (nSPS) is 16.1. The van der Waals surface area contributed by atoms with Crippen LogP contribution in [-0.2, 0) is 4.74 Å². The van der Waals surface area contributed by atoms with E-state index in [1.807, 2.05) is 6.07 Å².